The zero-order valence-corrected chi connectivity index (χ0v) is 9.75. The van der Waals surface area contributed by atoms with Crippen molar-refractivity contribution >= 4 is 17.5 Å². The van der Waals surface area contributed by atoms with Crippen LogP contribution in [0.5, 0.6) is 0 Å². The molecule has 2 aliphatic rings. The first-order valence-corrected chi connectivity index (χ1v) is 5.45. The van der Waals surface area contributed by atoms with Gasteiger partial charge in [0.15, 0.2) is 17.0 Å². The molecule has 1 spiro atoms. The number of carbonyl (C=O) groups is 3. The molecule has 0 aromatic rings. The van der Waals surface area contributed by atoms with E-state index >= 15 is 0 Å². The highest BCUT2D eigenvalue weighted by Gasteiger charge is 2.65. The average Bonchev–Trinajstić information content (AvgIpc) is 2.54. The summed E-state index contributed by atoms with van der Waals surface area (Å²) < 4.78 is 4.70. The van der Waals surface area contributed by atoms with Crippen LogP contribution in [0.1, 0.15) is 6.92 Å². The standard InChI is InChI=1S/C13H12O5/c1-3-4-8-5-6-9(14)11(16)13(8)10(15)7(2)18-12(13)17/h3-6,8,11,16H,2H2,1H3/b4-3+/t8-,11-,13+/m0/s1. The minimum absolute atomic E-state index is 0.336. The fourth-order valence-corrected chi connectivity index (χ4v) is 2.36. The van der Waals surface area contributed by atoms with Crippen LogP contribution in [-0.2, 0) is 19.1 Å². The number of cyclic esters (lactones) is 1. The molecule has 1 fully saturated rings. The summed E-state index contributed by atoms with van der Waals surface area (Å²) in [6.07, 6.45) is 4.07. The molecule has 1 N–H and O–H groups in total. The van der Waals surface area contributed by atoms with E-state index in [1.165, 1.54) is 12.2 Å². The quantitative estimate of drug-likeness (QED) is 0.312. The van der Waals surface area contributed by atoms with Crippen LogP contribution in [-0.4, -0.2) is 28.7 Å². The highest BCUT2D eigenvalue weighted by molar-refractivity contribution is 6.21. The number of aliphatic hydroxyl groups excluding tert-OH is 1. The zero-order valence-electron chi connectivity index (χ0n) is 9.75. The van der Waals surface area contributed by atoms with Gasteiger partial charge in [0.05, 0.1) is 0 Å². The summed E-state index contributed by atoms with van der Waals surface area (Å²) in [5.41, 5.74) is -1.91. The Bertz CT molecular complexity index is 513. The summed E-state index contributed by atoms with van der Waals surface area (Å²) in [6, 6.07) is 0. The van der Waals surface area contributed by atoms with Crippen molar-refractivity contribution in [2.45, 2.75) is 13.0 Å². The largest absolute Gasteiger partial charge is 0.422 e. The number of ether oxygens (including phenoxy) is 1. The van der Waals surface area contributed by atoms with Gasteiger partial charge in [0.2, 0.25) is 5.78 Å². The van der Waals surface area contributed by atoms with Crippen LogP contribution in [0.2, 0.25) is 0 Å². The zero-order chi connectivity index (χ0) is 13.5. The predicted octanol–water partition coefficient (Wildman–Crippen LogP) is 0.304. The Labute approximate surface area is 103 Å². The molecule has 1 saturated heterocycles. The maximum absolute atomic E-state index is 12.1. The Kier molecular flexibility index (Phi) is 2.78. The maximum Gasteiger partial charge on any atom is 0.329 e. The lowest BCUT2D eigenvalue weighted by molar-refractivity contribution is -0.160. The van der Waals surface area contributed by atoms with Crippen LogP contribution in [0.15, 0.2) is 36.6 Å². The van der Waals surface area contributed by atoms with Crippen molar-refractivity contribution in [3.05, 3.63) is 36.6 Å². The molecular weight excluding hydrogens is 236 g/mol. The van der Waals surface area contributed by atoms with Crippen LogP contribution >= 0.6 is 0 Å². The smallest absolute Gasteiger partial charge is 0.329 e. The predicted molar refractivity (Wildman–Crippen MR) is 61.1 cm³/mol. The fourth-order valence-electron chi connectivity index (χ4n) is 2.36. The summed E-state index contributed by atoms with van der Waals surface area (Å²) in [5.74, 6) is -3.39. The molecule has 0 aromatic heterocycles. The summed E-state index contributed by atoms with van der Waals surface area (Å²) in [6.45, 7) is 5.04. The molecule has 0 aromatic carbocycles. The third kappa shape index (κ3) is 1.34. The number of esters is 1. The van der Waals surface area contributed by atoms with Crippen molar-refractivity contribution in [3.63, 3.8) is 0 Å². The molecule has 2 rings (SSSR count). The Balaban J connectivity index is 2.65. The highest BCUT2D eigenvalue weighted by atomic mass is 16.6. The monoisotopic (exact) mass is 248 g/mol. The van der Waals surface area contributed by atoms with Gasteiger partial charge >= 0.3 is 5.97 Å². The number of Topliss-reactive ketones (excluding diaryl/α,β-unsaturated/α-hetero) is 1. The summed E-state index contributed by atoms with van der Waals surface area (Å²) >= 11 is 0. The van der Waals surface area contributed by atoms with Crippen LogP contribution < -0.4 is 0 Å². The molecule has 1 heterocycles. The average molecular weight is 248 g/mol. The molecule has 0 saturated carbocycles. The maximum atomic E-state index is 12.1. The lowest BCUT2D eigenvalue weighted by atomic mass is 9.65. The first-order chi connectivity index (χ1) is 8.46. The SMILES string of the molecule is C=C1OC(=O)[C@@]2(C1=O)[C@@H](/C=C/C)C=CC(=O)[C@@H]2O. The molecule has 1 aliphatic carbocycles. The molecule has 94 valence electrons. The topological polar surface area (TPSA) is 80.7 Å². The Morgan fingerprint density at radius 3 is 2.61 bits per heavy atom. The lowest BCUT2D eigenvalue weighted by Crippen LogP contribution is -2.54. The van der Waals surface area contributed by atoms with Gasteiger partial charge in [-0.1, -0.05) is 24.8 Å². The van der Waals surface area contributed by atoms with Crippen molar-refractivity contribution in [1.29, 1.82) is 0 Å². The minimum Gasteiger partial charge on any atom is -0.422 e. The second-order valence-corrected chi connectivity index (χ2v) is 4.23. The van der Waals surface area contributed by atoms with E-state index in [2.05, 4.69) is 6.58 Å². The van der Waals surface area contributed by atoms with Gasteiger partial charge < -0.3 is 9.84 Å². The number of aliphatic hydroxyl groups is 1. The highest BCUT2D eigenvalue weighted by Crippen LogP contribution is 2.45. The van der Waals surface area contributed by atoms with E-state index in [0.717, 1.165) is 0 Å². The Morgan fingerprint density at radius 1 is 1.44 bits per heavy atom. The number of hydrogen-bond acceptors (Lipinski definition) is 5. The van der Waals surface area contributed by atoms with E-state index in [1.807, 2.05) is 0 Å². The number of hydrogen-bond donors (Lipinski definition) is 1. The van der Waals surface area contributed by atoms with Gasteiger partial charge in [0, 0.05) is 5.92 Å². The van der Waals surface area contributed by atoms with Gasteiger partial charge in [-0.05, 0) is 13.0 Å². The molecule has 0 radical (unpaired) electrons. The Hall–Kier alpha value is -2.01. The van der Waals surface area contributed by atoms with Crippen LogP contribution in [0.3, 0.4) is 0 Å². The molecule has 0 amide bonds. The van der Waals surface area contributed by atoms with Crippen molar-refractivity contribution in [2.75, 3.05) is 0 Å². The number of ketones is 2. The number of rotatable bonds is 1. The minimum atomic E-state index is -1.91. The first-order valence-electron chi connectivity index (χ1n) is 5.45. The van der Waals surface area contributed by atoms with E-state index in [0.29, 0.717) is 0 Å². The van der Waals surface area contributed by atoms with E-state index in [1.54, 1.807) is 19.1 Å². The Morgan fingerprint density at radius 2 is 2.11 bits per heavy atom. The van der Waals surface area contributed by atoms with Gasteiger partial charge in [0.25, 0.3) is 0 Å². The third-order valence-electron chi connectivity index (χ3n) is 3.28. The van der Waals surface area contributed by atoms with Crippen LogP contribution in [0.25, 0.3) is 0 Å². The molecular formula is C13H12O5. The molecule has 5 heteroatoms. The van der Waals surface area contributed by atoms with Crippen LogP contribution in [0.4, 0.5) is 0 Å². The molecule has 0 bridgehead atoms. The van der Waals surface area contributed by atoms with Crippen molar-refractivity contribution in [2.24, 2.45) is 11.3 Å². The van der Waals surface area contributed by atoms with Gasteiger partial charge in [0.1, 0.15) is 6.10 Å². The summed E-state index contributed by atoms with van der Waals surface area (Å²) in [4.78, 5) is 35.6. The second kappa shape index (κ2) is 4.03. The molecule has 5 nitrogen and oxygen atoms in total. The van der Waals surface area contributed by atoms with Crippen molar-refractivity contribution in [3.8, 4) is 0 Å². The fraction of sp³-hybridized carbons (Fsp3) is 0.308. The van der Waals surface area contributed by atoms with E-state index < -0.39 is 35.0 Å². The molecule has 18 heavy (non-hydrogen) atoms. The third-order valence-corrected chi connectivity index (χ3v) is 3.28. The summed E-state index contributed by atoms with van der Waals surface area (Å²) in [7, 11) is 0. The molecule has 1 aliphatic heterocycles. The lowest BCUT2D eigenvalue weighted by Gasteiger charge is -2.34. The molecule has 3 atom stereocenters. The van der Waals surface area contributed by atoms with Gasteiger partial charge in [-0.2, -0.15) is 0 Å². The number of carbonyl (C=O) groups excluding carboxylic acids is 3. The van der Waals surface area contributed by atoms with Crippen molar-refractivity contribution in [1.82, 2.24) is 0 Å². The van der Waals surface area contributed by atoms with Gasteiger partial charge in [-0.25, -0.2) is 0 Å². The van der Waals surface area contributed by atoms with Crippen LogP contribution in [0, 0.1) is 11.3 Å². The molecule has 0 unspecified atom stereocenters. The first kappa shape index (κ1) is 12.4. The number of allylic oxidation sites excluding steroid dienone is 4. The van der Waals surface area contributed by atoms with Gasteiger partial charge in [-0.3, -0.25) is 14.4 Å². The summed E-state index contributed by atoms with van der Waals surface area (Å²) in [5, 5.41) is 9.99. The normalized spacial score (nSPS) is 35.9. The van der Waals surface area contributed by atoms with E-state index in [9.17, 15) is 19.5 Å². The van der Waals surface area contributed by atoms with Crippen molar-refractivity contribution < 1.29 is 24.2 Å². The van der Waals surface area contributed by atoms with E-state index in [4.69, 9.17) is 4.74 Å². The second-order valence-electron chi connectivity index (χ2n) is 4.23. The van der Waals surface area contributed by atoms with E-state index in [-0.39, 0.29) is 5.76 Å². The van der Waals surface area contributed by atoms with Gasteiger partial charge in [-0.15, -0.1) is 0 Å².